The zero-order valence-corrected chi connectivity index (χ0v) is 24.2. The maximum absolute atomic E-state index is 15.4. The Balaban J connectivity index is 1.68. The van der Waals surface area contributed by atoms with E-state index in [1.807, 2.05) is 18.7 Å². The molecule has 0 aliphatic carbocycles. The van der Waals surface area contributed by atoms with E-state index in [0.29, 0.717) is 43.1 Å². The monoisotopic (exact) mass is 603 g/mol. The van der Waals surface area contributed by atoms with Crippen LogP contribution in [0, 0.1) is 5.82 Å². The molecule has 0 radical (unpaired) electrons. The lowest BCUT2D eigenvalue weighted by Gasteiger charge is -2.35. The van der Waals surface area contributed by atoms with E-state index in [4.69, 9.17) is 21.3 Å². The van der Waals surface area contributed by atoms with E-state index in [1.165, 1.54) is 35.0 Å². The SMILES string of the molecule is C=CC(=O)N1CCN(c2nc(=O)n3c4nc(c(Cl)cc24)-c2c(F)cccc2NC(=O)COc2ccnc(C(C)C)c2-3)CC1. The van der Waals surface area contributed by atoms with Gasteiger partial charge in [-0.2, -0.15) is 4.98 Å². The summed E-state index contributed by atoms with van der Waals surface area (Å²) in [6, 6.07) is 7.39. The summed E-state index contributed by atoms with van der Waals surface area (Å²) in [5.74, 6) is -1.01. The van der Waals surface area contributed by atoms with E-state index in [0.717, 1.165) is 0 Å². The van der Waals surface area contributed by atoms with E-state index in [2.05, 4.69) is 21.9 Å². The molecule has 11 nitrogen and oxygen atoms in total. The number of rotatable bonds is 3. The molecule has 0 spiro atoms. The van der Waals surface area contributed by atoms with Crippen LogP contribution in [-0.4, -0.2) is 69.0 Å². The molecule has 1 N–H and O–H groups in total. The lowest BCUT2D eigenvalue weighted by atomic mass is 10.1. The second kappa shape index (κ2) is 11.1. The number of pyridine rings is 2. The standard InChI is InChI=1S/C30H27ClFN7O4/c1-4-23(41)37-10-12-38(13-11-37)28-17-14-18(31)26-24-19(32)6-5-7-20(24)34-22(40)15-43-21-8-9-33-25(16(2)3)27(21)39(29(17)35-26)30(42)36-28/h4-9,14,16H,1,10-13,15H2,2-3H3,(H,34,40). The van der Waals surface area contributed by atoms with Gasteiger partial charge in [0.2, 0.25) is 5.91 Å². The third-order valence-corrected chi connectivity index (χ3v) is 7.72. The molecule has 2 bridgehead atoms. The summed E-state index contributed by atoms with van der Waals surface area (Å²) in [6.45, 7) is 8.54. The molecule has 0 saturated carbocycles. The van der Waals surface area contributed by atoms with Crippen LogP contribution in [0.5, 0.6) is 5.75 Å². The number of anilines is 2. The second-order valence-corrected chi connectivity index (χ2v) is 10.9. The molecule has 2 aliphatic rings. The Labute approximate surface area is 250 Å². The number of hydrogen-bond acceptors (Lipinski definition) is 8. The fourth-order valence-corrected chi connectivity index (χ4v) is 5.65. The summed E-state index contributed by atoms with van der Waals surface area (Å²) in [5, 5.41) is 3.21. The van der Waals surface area contributed by atoms with Crippen LogP contribution in [0.15, 0.2) is 54.0 Å². The van der Waals surface area contributed by atoms with Crippen LogP contribution >= 0.6 is 11.6 Å². The van der Waals surface area contributed by atoms with Gasteiger partial charge in [0.1, 0.15) is 23.1 Å². The summed E-state index contributed by atoms with van der Waals surface area (Å²) in [7, 11) is 0. The first-order valence-corrected chi connectivity index (χ1v) is 14.1. The number of halogens is 2. The average molecular weight is 604 g/mol. The highest BCUT2D eigenvalue weighted by atomic mass is 35.5. The maximum Gasteiger partial charge on any atom is 0.356 e. The van der Waals surface area contributed by atoms with Crippen molar-refractivity contribution in [1.29, 1.82) is 0 Å². The van der Waals surface area contributed by atoms with E-state index in [9.17, 15) is 14.4 Å². The van der Waals surface area contributed by atoms with Crippen LogP contribution in [0.25, 0.3) is 28.0 Å². The molecule has 1 aromatic carbocycles. The van der Waals surface area contributed by atoms with Gasteiger partial charge in [0, 0.05) is 38.4 Å². The fourth-order valence-electron chi connectivity index (χ4n) is 5.41. The normalized spacial score (nSPS) is 14.9. The van der Waals surface area contributed by atoms with Gasteiger partial charge in [0.25, 0.3) is 5.91 Å². The van der Waals surface area contributed by atoms with Crippen LogP contribution in [-0.2, 0) is 9.59 Å². The number of benzene rings is 1. The molecule has 43 heavy (non-hydrogen) atoms. The predicted molar refractivity (Wildman–Crippen MR) is 161 cm³/mol. The first-order valence-electron chi connectivity index (χ1n) is 13.7. The molecular formula is C30H27ClFN7O4. The van der Waals surface area contributed by atoms with Gasteiger partial charge in [0.15, 0.2) is 12.3 Å². The quantitative estimate of drug-likeness (QED) is 0.350. The number of carbonyl (C=O) groups is 2. The molecule has 0 atom stereocenters. The van der Waals surface area contributed by atoms with Crippen molar-refractivity contribution in [2.75, 3.05) is 43.0 Å². The summed E-state index contributed by atoms with van der Waals surface area (Å²) in [5.41, 5.74) is 0.403. The van der Waals surface area contributed by atoms with Crippen molar-refractivity contribution in [3.05, 3.63) is 76.2 Å². The average Bonchev–Trinajstić information content (AvgIpc) is 2.99. The first kappa shape index (κ1) is 28.3. The van der Waals surface area contributed by atoms with Crippen molar-refractivity contribution >= 4 is 46.0 Å². The molecule has 5 heterocycles. The predicted octanol–water partition coefficient (Wildman–Crippen LogP) is 3.92. The van der Waals surface area contributed by atoms with Gasteiger partial charge in [0.05, 0.1) is 33.0 Å². The second-order valence-electron chi connectivity index (χ2n) is 10.5. The van der Waals surface area contributed by atoms with Gasteiger partial charge in [-0.25, -0.2) is 18.7 Å². The Kier molecular flexibility index (Phi) is 7.30. The molecule has 1 fully saturated rings. The third kappa shape index (κ3) is 4.97. The van der Waals surface area contributed by atoms with E-state index in [-0.39, 0.29) is 50.9 Å². The van der Waals surface area contributed by atoms with Gasteiger partial charge in [-0.3, -0.25) is 14.6 Å². The van der Waals surface area contributed by atoms with Crippen LogP contribution in [0.3, 0.4) is 0 Å². The molecule has 2 amide bonds. The number of carbonyl (C=O) groups excluding carboxylic acids is 2. The van der Waals surface area contributed by atoms with Crippen molar-refractivity contribution in [1.82, 2.24) is 24.4 Å². The van der Waals surface area contributed by atoms with Crippen LogP contribution in [0.1, 0.15) is 25.5 Å². The molecule has 6 rings (SSSR count). The topological polar surface area (TPSA) is 123 Å². The Morgan fingerprint density at radius 3 is 2.65 bits per heavy atom. The minimum absolute atomic E-state index is 0.0345. The van der Waals surface area contributed by atoms with E-state index in [1.54, 1.807) is 17.0 Å². The minimum atomic E-state index is -0.678. The lowest BCUT2D eigenvalue weighted by Crippen LogP contribution is -2.49. The van der Waals surface area contributed by atoms with Crippen LogP contribution in [0.2, 0.25) is 5.02 Å². The number of amides is 2. The fraction of sp³-hybridized carbons (Fsp3) is 0.267. The molecular weight excluding hydrogens is 577 g/mol. The zero-order chi connectivity index (χ0) is 30.4. The number of hydrogen-bond donors (Lipinski definition) is 1. The smallest absolute Gasteiger partial charge is 0.356 e. The van der Waals surface area contributed by atoms with Gasteiger partial charge in [-0.15, -0.1) is 0 Å². The van der Waals surface area contributed by atoms with Crippen molar-refractivity contribution in [2.24, 2.45) is 0 Å². The Morgan fingerprint density at radius 1 is 1.16 bits per heavy atom. The van der Waals surface area contributed by atoms with Crippen molar-refractivity contribution in [3.8, 4) is 22.7 Å². The largest absolute Gasteiger partial charge is 0.481 e. The van der Waals surface area contributed by atoms with Crippen molar-refractivity contribution in [2.45, 2.75) is 19.8 Å². The highest BCUT2D eigenvalue weighted by Crippen LogP contribution is 2.39. The van der Waals surface area contributed by atoms with Gasteiger partial charge >= 0.3 is 5.69 Å². The summed E-state index contributed by atoms with van der Waals surface area (Å²) in [4.78, 5) is 56.5. The minimum Gasteiger partial charge on any atom is -0.481 e. The lowest BCUT2D eigenvalue weighted by molar-refractivity contribution is -0.126. The molecule has 2 aliphatic heterocycles. The molecule has 4 aromatic rings. The highest BCUT2D eigenvalue weighted by molar-refractivity contribution is 6.34. The number of ether oxygens (including phenoxy) is 1. The zero-order valence-electron chi connectivity index (χ0n) is 23.4. The van der Waals surface area contributed by atoms with E-state index < -0.39 is 24.0 Å². The first-order chi connectivity index (χ1) is 20.7. The molecule has 3 aromatic heterocycles. The Bertz CT molecular complexity index is 1870. The van der Waals surface area contributed by atoms with Gasteiger partial charge in [-0.1, -0.05) is 38.1 Å². The van der Waals surface area contributed by atoms with Crippen molar-refractivity contribution in [3.63, 3.8) is 0 Å². The van der Waals surface area contributed by atoms with E-state index >= 15 is 4.39 Å². The highest BCUT2D eigenvalue weighted by Gasteiger charge is 2.29. The number of fused-ring (bicyclic) bond motifs is 5. The summed E-state index contributed by atoms with van der Waals surface area (Å²) >= 11 is 6.80. The Hall–Kier alpha value is -4.84. The number of nitrogens with one attached hydrogen (secondary N) is 1. The number of nitrogens with zero attached hydrogens (tertiary/aromatic N) is 6. The summed E-state index contributed by atoms with van der Waals surface area (Å²) < 4.78 is 22.7. The molecule has 13 heteroatoms. The maximum atomic E-state index is 15.4. The molecule has 220 valence electrons. The number of piperazine rings is 1. The van der Waals surface area contributed by atoms with Gasteiger partial charge in [-0.05, 0) is 30.2 Å². The Morgan fingerprint density at radius 2 is 1.93 bits per heavy atom. The van der Waals surface area contributed by atoms with Crippen molar-refractivity contribution < 1.29 is 18.7 Å². The van der Waals surface area contributed by atoms with Gasteiger partial charge < -0.3 is 19.9 Å². The van der Waals surface area contributed by atoms with Crippen LogP contribution in [0.4, 0.5) is 15.9 Å². The van der Waals surface area contributed by atoms with Crippen LogP contribution < -0.4 is 20.6 Å². The molecule has 1 saturated heterocycles. The summed E-state index contributed by atoms with van der Waals surface area (Å²) in [6.07, 6.45) is 2.81. The molecule has 0 unspecified atom stereocenters. The third-order valence-electron chi connectivity index (χ3n) is 7.44. The number of aromatic nitrogens is 4.